The minimum Gasteiger partial charge on any atom is -0.491 e. The van der Waals surface area contributed by atoms with Gasteiger partial charge in [0.05, 0.1) is 24.3 Å². The Morgan fingerprint density at radius 3 is 2.24 bits per heavy atom. The molecule has 8 heteroatoms. The van der Waals surface area contributed by atoms with Gasteiger partial charge in [0.25, 0.3) is 5.78 Å². The molecule has 1 rings (SSSR count). The fraction of sp³-hybridized carbons (Fsp3) is 0.385. The van der Waals surface area contributed by atoms with E-state index in [2.05, 4.69) is 4.74 Å². The number of hydrogen-bond donors (Lipinski definition) is 0. The van der Waals surface area contributed by atoms with Gasteiger partial charge in [0.2, 0.25) is 0 Å². The van der Waals surface area contributed by atoms with Gasteiger partial charge in [-0.1, -0.05) is 0 Å². The zero-order chi connectivity index (χ0) is 16.2. The number of ketones is 1. The largest absolute Gasteiger partial charge is 0.491 e. The van der Waals surface area contributed by atoms with Crippen LogP contribution in [-0.2, 0) is 15.7 Å². The molecule has 0 fully saturated rings. The van der Waals surface area contributed by atoms with Crippen LogP contribution in [-0.4, -0.2) is 25.0 Å². The van der Waals surface area contributed by atoms with Crippen LogP contribution in [0.3, 0.4) is 0 Å². The van der Waals surface area contributed by atoms with Crippen molar-refractivity contribution in [3.63, 3.8) is 0 Å². The van der Waals surface area contributed by atoms with Gasteiger partial charge < -0.3 is 9.47 Å². The summed E-state index contributed by atoms with van der Waals surface area (Å²) in [6, 6.07) is 0.692. The smallest absolute Gasteiger partial charge is 0.416 e. The summed E-state index contributed by atoms with van der Waals surface area (Å²) in [6.45, 7) is 2.57. The number of esters is 1. The molecular weight excluding hydrogens is 296 g/mol. The molecule has 0 bridgehead atoms. The highest BCUT2D eigenvalue weighted by Gasteiger charge is 2.35. The van der Waals surface area contributed by atoms with E-state index in [4.69, 9.17) is 4.74 Å². The van der Waals surface area contributed by atoms with Gasteiger partial charge in [-0.2, -0.15) is 13.2 Å². The third-order valence-corrected chi connectivity index (χ3v) is 2.37. The first-order valence-electron chi connectivity index (χ1n) is 5.97. The van der Waals surface area contributed by atoms with Crippen molar-refractivity contribution in [3.8, 4) is 5.75 Å². The lowest BCUT2D eigenvalue weighted by molar-refractivity contribution is -0.139. The quantitative estimate of drug-likeness (QED) is 0.363. The van der Waals surface area contributed by atoms with E-state index in [1.54, 1.807) is 0 Å². The summed E-state index contributed by atoms with van der Waals surface area (Å²) in [7, 11) is 0. The van der Waals surface area contributed by atoms with Crippen LogP contribution in [0.4, 0.5) is 17.6 Å². The van der Waals surface area contributed by atoms with E-state index < -0.39 is 40.6 Å². The zero-order valence-corrected chi connectivity index (χ0v) is 11.2. The summed E-state index contributed by atoms with van der Waals surface area (Å²) in [6.07, 6.45) is -4.82. The van der Waals surface area contributed by atoms with E-state index >= 15 is 0 Å². The van der Waals surface area contributed by atoms with Gasteiger partial charge in [-0.05, 0) is 26.0 Å². The highest BCUT2D eigenvalue weighted by Crippen LogP contribution is 2.34. The molecule has 116 valence electrons. The lowest BCUT2D eigenvalue weighted by atomic mass is 10.0. The monoisotopic (exact) mass is 308 g/mol. The van der Waals surface area contributed by atoms with Crippen LogP contribution in [0, 0.1) is 5.82 Å². The number of rotatable bonds is 5. The van der Waals surface area contributed by atoms with Crippen molar-refractivity contribution in [1.82, 2.24) is 0 Å². The maximum atomic E-state index is 14.0. The molecule has 0 atom stereocenters. The molecule has 0 saturated carbocycles. The van der Waals surface area contributed by atoms with Gasteiger partial charge in [0.1, 0.15) is 0 Å². The van der Waals surface area contributed by atoms with Crippen LogP contribution in [0.25, 0.3) is 0 Å². The Labute approximate surface area is 117 Å². The van der Waals surface area contributed by atoms with E-state index in [-0.39, 0.29) is 19.3 Å². The predicted octanol–water partition coefficient (Wildman–Crippen LogP) is 2.99. The number of hydrogen-bond acceptors (Lipinski definition) is 4. The minimum absolute atomic E-state index is 0.106. The Kier molecular flexibility index (Phi) is 5.28. The Balaban J connectivity index is 3.39. The average molecular weight is 308 g/mol. The molecule has 0 radical (unpaired) electrons. The zero-order valence-electron chi connectivity index (χ0n) is 11.2. The van der Waals surface area contributed by atoms with Crippen molar-refractivity contribution in [2.45, 2.75) is 20.0 Å². The van der Waals surface area contributed by atoms with Crippen LogP contribution >= 0.6 is 0 Å². The Hall–Kier alpha value is -2.12. The molecule has 0 aliphatic heterocycles. The van der Waals surface area contributed by atoms with Crippen molar-refractivity contribution in [3.05, 3.63) is 29.1 Å². The molecule has 21 heavy (non-hydrogen) atoms. The Bertz CT molecular complexity index is 552. The molecule has 0 unspecified atom stereocenters. The number of carbonyl (C=O) groups excluding carboxylic acids is 2. The third kappa shape index (κ3) is 3.93. The lowest BCUT2D eigenvalue weighted by Gasteiger charge is -2.13. The number of carbonyl (C=O) groups is 2. The van der Waals surface area contributed by atoms with Crippen molar-refractivity contribution < 1.29 is 36.6 Å². The van der Waals surface area contributed by atoms with E-state index in [1.165, 1.54) is 13.8 Å². The van der Waals surface area contributed by atoms with Crippen molar-refractivity contribution in [1.29, 1.82) is 0 Å². The number of alkyl halides is 3. The van der Waals surface area contributed by atoms with Gasteiger partial charge in [0.15, 0.2) is 11.6 Å². The predicted molar refractivity (Wildman–Crippen MR) is 63.5 cm³/mol. The molecule has 0 heterocycles. The summed E-state index contributed by atoms with van der Waals surface area (Å²) < 4.78 is 61.2. The second-order valence-electron chi connectivity index (χ2n) is 3.82. The van der Waals surface area contributed by atoms with E-state index in [9.17, 15) is 27.2 Å². The maximum Gasteiger partial charge on any atom is 0.416 e. The molecule has 1 aromatic rings. The van der Waals surface area contributed by atoms with E-state index in [0.717, 1.165) is 0 Å². The van der Waals surface area contributed by atoms with Crippen LogP contribution in [0.15, 0.2) is 12.1 Å². The third-order valence-electron chi connectivity index (χ3n) is 2.37. The molecule has 0 aliphatic carbocycles. The molecule has 1 aromatic carbocycles. The Morgan fingerprint density at radius 1 is 1.14 bits per heavy atom. The molecule has 0 aromatic heterocycles. The molecule has 0 spiro atoms. The maximum absolute atomic E-state index is 14.0. The average Bonchev–Trinajstić information content (AvgIpc) is 2.39. The summed E-state index contributed by atoms with van der Waals surface area (Å²) in [5, 5.41) is 0. The van der Waals surface area contributed by atoms with E-state index in [1.807, 2.05) is 0 Å². The Morgan fingerprint density at radius 2 is 1.76 bits per heavy atom. The van der Waals surface area contributed by atoms with E-state index in [0.29, 0.717) is 6.07 Å². The SMILES string of the molecule is CCOC(=O)C(=O)c1cc(C(F)(F)F)cc(OCC)c1F. The van der Waals surface area contributed by atoms with Crippen LogP contribution in [0.5, 0.6) is 5.75 Å². The first-order chi connectivity index (χ1) is 9.72. The topological polar surface area (TPSA) is 52.6 Å². The molecular formula is C13H12F4O4. The molecule has 0 saturated heterocycles. The van der Waals surface area contributed by atoms with Gasteiger partial charge in [0, 0.05) is 0 Å². The van der Waals surface area contributed by atoms with Gasteiger partial charge >= 0.3 is 12.1 Å². The minimum atomic E-state index is -4.82. The van der Waals surface area contributed by atoms with Crippen molar-refractivity contribution in [2.75, 3.05) is 13.2 Å². The second-order valence-corrected chi connectivity index (χ2v) is 3.82. The number of Topliss-reactive ketones (excluding diaryl/α,β-unsaturated/α-hetero) is 1. The van der Waals surface area contributed by atoms with Gasteiger partial charge in [-0.3, -0.25) is 4.79 Å². The summed E-state index contributed by atoms with van der Waals surface area (Å²) in [5.74, 6) is -5.01. The van der Waals surface area contributed by atoms with Crippen LogP contribution in [0.2, 0.25) is 0 Å². The summed E-state index contributed by atoms with van der Waals surface area (Å²) in [5.41, 5.74) is -2.33. The molecule has 4 nitrogen and oxygen atoms in total. The van der Waals surface area contributed by atoms with Crippen molar-refractivity contribution >= 4 is 11.8 Å². The normalized spacial score (nSPS) is 11.1. The fourth-order valence-electron chi connectivity index (χ4n) is 1.49. The van der Waals surface area contributed by atoms with Gasteiger partial charge in [-0.15, -0.1) is 0 Å². The lowest BCUT2D eigenvalue weighted by Crippen LogP contribution is -2.20. The highest BCUT2D eigenvalue weighted by molar-refractivity contribution is 6.40. The molecule has 0 amide bonds. The summed E-state index contributed by atoms with van der Waals surface area (Å²) in [4.78, 5) is 22.9. The summed E-state index contributed by atoms with van der Waals surface area (Å²) >= 11 is 0. The fourth-order valence-corrected chi connectivity index (χ4v) is 1.49. The van der Waals surface area contributed by atoms with Crippen LogP contribution < -0.4 is 4.74 Å². The first kappa shape index (κ1) is 16.9. The number of ether oxygens (including phenoxy) is 2. The number of benzene rings is 1. The molecule has 0 aliphatic rings. The van der Waals surface area contributed by atoms with Crippen molar-refractivity contribution in [2.24, 2.45) is 0 Å². The van der Waals surface area contributed by atoms with Crippen LogP contribution in [0.1, 0.15) is 29.8 Å². The number of halogens is 4. The van der Waals surface area contributed by atoms with Gasteiger partial charge in [-0.25, -0.2) is 9.18 Å². The second kappa shape index (κ2) is 6.55. The highest BCUT2D eigenvalue weighted by atomic mass is 19.4. The molecule has 0 N–H and O–H groups in total. The first-order valence-corrected chi connectivity index (χ1v) is 5.97. The standard InChI is InChI=1S/C13H12F4O4/c1-3-20-9-6-7(13(15,16)17)5-8(10(9)14)11(18)12(19)21-4-2/h5-6H,3-4H2,1-2H3.